The first-order chi connectivity index (χ1) is 10.6. The Morgan fingerprint density at radius 1 is 0.783 bits per heavy atom. The molecule has 1 unspecified atom stereocenters. The van der Waals surface area contributed by atoms with Crippen LogP contribution in [-0.2, 0) is 15.4 Å². The third-order valence-electron chi connectivity index (χ3n) is 3.80. The molecule has 0 spiro atoms. The highest BCUT2D eigenvalue weighted by Gasteiger charge is 2.28. The Balaban J connectivity index is 2.49. The Kier molecular flexibility index (Phi) is 5.06. The van der Waals surface area contributed by atoms with Gasteiger partial charge in [0.15, 0.2) is 0 Å². The minimum absolute atomic E-state index is 0.00448. The zero-order chi connectivity index (χ0) is 17.3. The lowest BCUT2D eigenvalue weighted by atomic mass is 9.75. The van der Waals surface area contributed by atoms with Gasteiger partial charge in [0.25, 0.3) is 8.03 Å². The van der Waals surface area contributed by atoms with Gasteiger partial charge in [0.2, 0.25) is 0 Å². The van der Waals surface area contributed by atoms with Gasteiger partial charge in [-0.1, -0.05) is 71.9 Å². The Bertz CT molecular complexity index is 692. The Labute approximate surface area is 140 Å². The molecule has 2 nitrogen and oxygen atoms in total. The van der Waals surface area contributed by atoms with Crippen LogP contribution in [0.25, 0.3) is 0 Å². The molecule has 0 saturated carbocycles. The maximum Gasteiger partial charge on any atom is 0.265 e. The van der Waals surface area contributed by atoms with Gasteiger partial charge in [0, 0.05) is 10.9 Å². The van der Waals surface area contributed by atoms with Crippen LogP contribution < -0.4 is 9.83 Å². The van der Waals surface area contributed by atoms with E-state index in [1.54, 1.807) is 0 Å². The molecule has 0 amide bonds. The average molecular weight is 330 g/mol. The van der Waals surface area contributed by atoms with Crippen molar-refractivity contribution in [2.75, 3.05) is 0 Å². The van der Waals surface area contributed by atoms with Crippen LogP contribution in [0.4, 0.5) is 0 Å². The largest absolute Gasteiger partial charge is 0.441 e. The molecule has 0 saturated heterocycles. The molecule has 23 heavy (non-hydrogen) atoms. The van der Waals surface area contributed by atoms with Crippen molar-refractivity contribution in [2.45, 2.75) is 52.4 Å². The van der Waals surface area contributed by atoms with E-state index >= 15 is 0 Å². The molecule has 0 heterocycles. The second-order valence-electron chi connectivity index (χ2n) is 7.93. The monoisotopic (exact) mass is 330 g/mol. The van der Waals surface area contributed by atoms with Crippen molar-refractivity contribution in [2.24, 2.45) is 0 Å². The molecule has 2 aromatic carbocycles. The summed E-state index contributed by atoms with van der Waals surface area (Å²) < 4.78 is 18.6. The Morgan fingerprint density at radius 2 is 1.39 bits per heavy atom. The quantitative estimate of drug-likeness (QED) is 0.698. The summed E-state index contributed by atoms with van der Waals surface area (Å²) in [4.78, 5) is 0. The smallest absolute Gasteiger partial charge is 0.265 e. The van der Waals surface area contributed by atoms with Crippen LogP contribution in [0.3, 0.4) is 0 Å². The van der Waals surface area contributed by atoms with Gasteiger partial charge in [-0.25, -0.2) is 0 Å². The molecule has 3 heteroatoms. The van der Waals surface area contributed by atoms with Crippen molar-refractivity contribution in [3.05, 3.63) is 59.7 Å². The van der Waals surface area contributed by atoms with E-state index in [1.807, 2.05) is 42.5 Å². The molecule has 0 radical (unpaired) electrons. The van der Waals surface area contributed by atoms with Crippen molar-refractivity contribution < 1.29 is 9.09 Å². The molecule has 0 aliphatic rings. The van der Waals surface area contributed by atoms with Crippen LogP contribution in [0.1, 0.15) is 52.7 Å². The molecule has 124 valence electrons. The first-order valence-electron chi connectivity index (χ1n) is 8.02. The zero-order valence-electron chi connectivity index (χ0n) is 14.9. The topological polar surface area (TPSA) is 26.3 Å². The van der Waals surface area contributed by atoms with Gasteiger partial charge in [-0.2, -0.15) is 0 Å². The van der Waals surface area contributed by atoms with Gasteiger partial charge in [0.1, 0.15) is 5.75 Å². The summed E-state index contributed by atoms with van der Waals surface area (Å²) in [5.41, 5.74) is 2.30. The predicted octanol–water partition coefficient (Wildman–Crippen LogP) is 5.46. The molecular weight excluding hydrogens is 303 g/mol. The van der Waals surface area contributed by atoms with Crippen molar-refractivity contribution >= 4 is 13.3 Å². The van der Waals surface area contributed by atoms with Crippen LogP contribution in [-0.4, -0.2) is 0 Å². The van der Waals surface area contributed by atoms with Gasteiger partial charge in [-0.15, -0.1) is 0 Å². The van der Waals surface area contributed by atoms with Crippen LogP contribution in [0, 0.1) is 0 Å². The fourth-order valence-corrected chi connectivity index (χ4v) is 3.70. The molecule has 0 aliphatic heterocycles. The number of benzene rings is 2. The minimum atomic E-state index is -2.31. The minimum Gasteiger partial charge on any atom is -0.441 e. The Morgan fingerprint density at radius 3 is 1.91 bits per heavy atom. The number of rotatable bonds is 3. The SMILES string of the molecule is CC(C)(C)c1cccc(O[PH](=O)c2ccccc2)c1C(C)(C)C. The van der Waals surface area contributed by atoms with Gasteiger partial charge in [-0.3, -0.25) is 4.57 Å². The average Bonchev–Trinajstić information content (AvgIpc) is 2.46. The lowest BCUT2D eigenvalue weighted by molar-refractivity contribution is 0.479. The predicted molar refractivity (Wildman–Crippen MR) is 99.5 cm³/mol. The van der Waals surface area contributed by atoms with Crippen LogP contribution in [0.15, 0.2) is 48.5 Å². The van der Waals surface area contributed by atoms with Gasteiger partial charge in [-0.05, 0) is 34.6 Å². The lowest BCUT2D eigenvalue weighted by Crippen LogP contribution is -2.22. The molecule has 0 fully saturated rings. The third-order valence-corrected chi connectivity index (χ3v) is 5.01. The summed E-state index contributed by atoms with van der Waals surface area (Å²) in [5, 5.41) is 0.749. The first-order valence-corrected chi connectivity index (χ1v) is 9.33. The van der Waals surface area contributed by atoms with Crippen LogP contribution in [0.5, 0.6) is 5.75 Å². The van der Waals surface area contributed by atoms with E-state index in [2.05, 4.69) is 47.6 Å². The standard InChI is InChI=1S/C20H27O2P/c1-19(2,3)16-13-10-14-17(18(16)20(4,5)6)22-23(21)15-11-8-7-9-12-15/h7-14,23H,1-6H3. The summed E-state index contributed by atoms with van der Waals surface area (Å²) in [5.74, 6) is 0.734. The van der Waals surface area contributed by atoms with Gasteiger partial charge < -0.3 is 4.52 Å². The summed E-state index contributed by atoms with van der Waals surface area (Å²) >= 11 is 0. The number of hydrogen-bond donors (Lipinski definition) is 0. The van der Waals surface area contributed by atoms with Gasteiger partial charge in [0.05, 0.1) is 0 Å². The summed E-state index contributed by atoms with van der Waals surface area (Å²) in [6.07, 6.45) is 0. The lowest BCUT2D eigenvalue weighted by Gasteiger charge is -2.31. The maximum atomic E-state index is 12.6. The Hall–Kier alpha value is -1.53. The highest BCUT2D eigenvalue weighted by atomic mass is 31.1. The van der Waals surface area contributed by atoms with Crippen molar-refractivity contribution in [1.29, 1.82) is 0 Å². The van der Waals surface area contributed by atoms with E-state index in [4.69, 9.17) is 4.52 Å². The molecule has 1 atom stereocenters. The zero-order valence-corrected chi connectivity index (χ0v) is 15.9. The van der Waals surface area contributed by atoms with Crippen molar-refractivity contribution in [1.82, 2.24) is 0 Å². The number of hydrogen-bond acceptors (Lipinski definition) is 2. The van der Waals surface area contributed by atoms with E-state index in [0.717, 1.165) is 16.6 Å². The molecule has 0 N–H and O–H groups in total. The van der Waals surface area contributed by atoms with Crippen molar-refractivity contribution in [3.8, 4) is 5.75 Å². The maximum absolute atomic E-state index is 12.6. The van der Waals surface area contributed by atoms with Crippen molar-refractivity contribution in [3.63, 3.8) is 0 Å². The summed E-state index contributed by atoms with van der Waals surface area (Å²) in [6.45, 7) is 13.1. The van der Waals surface area contributed by atoms with E-state index < -0.39 is 8.03 Å². The molecule has 0 bridgehead atoms. The molecule has 2 aromatic rings. The summed E-state index contributed by atoms with van der Waals surface area (Å²) in [6, 6.07) is 15.5. The van der Waals surface area contributed by atoms with Crippen LogP contribution >= 0.6 is 8.03 Å². The van der Waals surface area contributed by atoms with Gasteiger partial charge >= 0.3 is 0 Å². The third kappa shape index (κ3) is 4.26. The van der Waals surface area contributed by atoms with E-state index in [-0.39, 0.29) is 10.8 Å². The summed E-state index contributed by atoms with van der Waals surface area (Å²) in [7, 11) is -2.31. The fourth-order valence-electron chi connectivity index (χ4n) is 2.75. The molecule has 0 aliphatic carbocycles. The second-order valence-corrected chi connectivity index (χ2v) is 9.29. The second kappa shape index (κ2) is 6.53. The molecular formula is C20H27O2P. The normalized spacial score (nSPS) is 13.7. The molecule has 2 rings (SSSR count). The molecule has 0 aromatic heterocycles. The van der Waals surface area contributed by atoms with Crippen LogP contribution in [0.2, 0.25) is 0 Å². The van der Waals surface area contributed by atoms with E-state index in [1.165, 1.54) is 5.56 Å². The highest BCUT2D eigenvalue weighted by molar-refractivity contribution is 7.48. The fraction of sp³-hybridized carbons (Fsp3) is 0.400. The first kappa shape index (κ1) is 17.8. The highest BCUT2D eigenvalue weighted by Crippen LogP contribution is 2.42. The van der Waals surface area contributed by atoms with E-state index in [0.29, 0.717) is 0 Å². The van der Waals surface area contributed by atoms with E-state index in [9.17, 15) is 4.57 Å².